The Labute approximate surface area is 201 Å². The lowest BCUT2D eigenvalue weighted by Crippen LogP contribution is -2.48. The zero-order valence-corrected chi connectivity index (χ0v) is 19.3. The third-order valence-corrected chi connectivity index (χ3v) is 6.39. The van der Waals surface area contributed by atoms with Crippen molar-refractivity contribution in [3.63, 3.8) is 0 Å². The van der Waals surface area contributed by atoms with E-state index in [0.29, 0.717) is 24.5 Å². The van der Waals surface area contributed by atoms with Crippen LogP contribution in [0.1, 0.15) is 5.56 Å². The number of piperazine rings is 1. The van der Waals surface area contributed by atoms with Crippen LogP contribution in [0.3, 0.4) is 0 Å². The molecule has 0 saturated carbocycles. The first-order valence-electron chi connectivity index (χ1n) is 10.8. The van der Waals surface area contributed by atoms with Crippen LogP contribution < -0.4 is 14.8 Å². The van der Waals surface area contributed by atoms with Crippen LogP contribution in [0.15, 0.2) is 59.5 Å². The predicted octanol–water partition coefficient (Wildman–Crippen LogP) is 2.43. The summed E-state index contributed by atoms with van der Waals surface area (Å²) in [5, 5.41) is 11.2. The molecule has 10 heteroatoms. The molecule has 2 amide bonds. The van der Waals surface area contributed by atoms with Gasteiger partial charge in [0.15, 0.2) is 11.5 Å². The van der Waals surface area contributed by atoms with Crippen molar-refractivity contribution in [1.82, 2.24) is 9.80 Å². The summed E-state index contributed by atoms with van der Waals surface area (Å²) in [5.74, 6) is 0.221. The molecule has 2 aromatic rings. The van der Waals surface area contributed by atoms with Crippen LogP contribution in [-0.2, 0) is 20.9 Å². The summed E-state index contributed by atoms with van der Waals surface area (Å²) in [6, 6.07) is 13.1. The van der Waals surface area contributed by atoms with E-state index in [1.807, 2.05) is 29.2 Å². The zero-order chi connectivity index (χ0) is 23.9. The number of hydrogen-bond acceptors (Lipinski definition) is 7. The molecule has 2 aromatic carbocycles. The van der Waals surface area contributed by atoms with Crippen LogP contribution in [-0.4, -0.2) is 71.4 Å². The van der Waals surface area contributed by atoms with Crippen LogP contribution >= 0.6 is 11.8 Å². The van der Waals surface area contributed by atoms with Crippen molar-refractivity contribution < 1.29 is 29.0 Å². The molecule has 0 unspecified atom stereocenters. The van der Waals surface area contributed by atoms with Gasteiger partial charge in [0.05, 0.1) is 5.75 Å². The number of nitrogens with zero attached hydrogens (tertiary/aromatic N) is 2. The summed E-state index contributed by atoms with van der Waals surface area (Å²) in [7, 11) is 0. The highest BCUT2D eigenvalue weighted by molar-refractivity contribution is 8.00. The van der Waals surface area contributed by atoms with E-state index in [-0.39, 0.29) is 12.7 Å². The normalized spacial score (nSPS) is 15.5. The number of benzene rings is 2. The van der Waals surface area contributed by atoms with Crippen molar-refractivity contribution in [3.8, 4) is 11.5 Å². The molecular formula is C24H25N3O6S. The van der Waals surface area contributed by atoms with Gasteiger partial charge in [-0.2, -0.15) is 0 Å². The highest BCUT2D eigenvalue weighted by Crippen LogP contribution is 2.33. The summed E-state index contributed by atoms with van der Waals surface area (Å²) in [6.45, 7) is 4.02. The molecule has 0 bridgehead atoms. The molecule has 2 heterocycles. The Kier molecular flexibility index (Phi) is 7.71. The zero-order valence-electron chi connectivity index (χ0n) is 18.4. The molecule has 0 aromatic heterocycles. The lowest BCUT2D eigenvalue weighted by atomic mass is 10.1. The van der Waals surface area contributed by atoms with Gasteiger partial charge in [-0.3, -0.25) is 14.5 Å². The molecular weight excluding hydrogens is 458 g/mol. The predicted molar refractivity (Wildman–Crippen MR) is 127 cm³/mol. The molecule has 0 atom stereocenters. The van der Waals surface area contributed by atoms with Crippen molar-refractivity contribution in [2.24, 2.45) is 0 Å². The Balaban J connectivity index is 1.21. The summed E-state index contributed by atoms with van der Waals surface area (Å²) in [4.78, 5) is 40.0. The maximum Gasteiger partial charge on any atom is 0.328 e. The van der Waals surface area contributed by atoms with Gasteiger partial charge in [0.2, 0.25) is 18.6 Å². The molecule has 34 heavy (non-hydrogen) atoms. The summed E-state index contributed by atoms with van der Waals surface area (Å²) < 4.78 is 10.8. The summed E-state index contributed by atoms with van der Waals surface area (Å²) in [6.07, 6.45) is 1.74. The monoisotopic (exact) mass is 483 g/mol. The van der Waals surface area contributed by atoms with Gasteiger partial charge in [-0.25, -0.2) is 4.79 Å². The molecule has 9 nitrogen and oxygen atoms in total. The van der Waals surface area contributed by atoms with Gasteiger partial charge in [-0.05, 0) is 35.9 Å². The number of nitrogens with one attached hydrogen (secondary N) is 1. The number of aliphatic carboxylic acids is 1. The molecule has 178 valence electrons. The van der Waals surface area contributed by atoms with Crippen LogP contribution in [0, 0.1) is 0 Å². The smallest absolute Gasteiger partial charge is 0.328 e. The standard InChI is InChI=1S/C24H25N3O6S/c28-22(6-7-24(30)31)25-18-2-1-3-19(13-18)34-15-23(29)27-10-8-26(9-11-27)14-17-4-5-20-21(12-17)33-16-32-20/h1-7,12-13H,8-11,14-16H2,(H,25,28)(H,30,31)/b7-6+. The van der Waals surface area contributed by atoms with Crippen molar-refractivity contribution >= 4 is 35.2 Å². The fourth-order valence-electron chi connectivity index (χ4n) is 3.68. The topological polar surface area (TPSA) is 108 Å². The van der Waals surface area contributed by atoms with E-state index in [0.717, 1.165) is 53.7 Å². The van der Waals surface area contributed by atoms with Crippen molar-refractivity contribution in [1.29, 1.82) is 0 Å². The first kappa shape index (κ1) is 23.7. The second-order valence-electron chi connectivity index (χ2n) is 7.82. The Bertz CT molecular complexity index is 1100. The highest BCUT2D eigenvalue weighted by Gasteiger charge is 2.22. The van der Waals surface area contributed by atoms with Gasteiger partial charge in [0.1, 0.15) is 0 Å². The number of thioether (sulfide) groups is 1. The Hall–Kier alpha value is -3.50. The number of carboxylic acid groups (broad SMARTS) is 1. The van der Waals surface area contributed by atoms with E-state index in [1.165, 1.54) is 11.8 Å². The van der Waals surface area contributed by atoms with E-state index in [2.05, 4.69) is 10.2 Å². The van der Waals surface area contributed by atoms with Crippen LogP contribution in [0.25, 0.3) is 0 Å². The van der Waals surface area contributed by atoms with Gasteiger partial charge < -0.3 is 24.8 Å². The second kappa shape index (κ2) is 11.1. The third-order valence-electron chi connectivity index (χ3n) is 5.41. The first-order chi connectivity index (χ1) is 16.5. The Morgan fingerprint density at radius 1 is 1.00 bits per heavy atom. The minimum absolute atomic E-state index is 0.0755. The minimum Gasteiger partial charge on any atom is -0.478 e. The Morgan fingerprint density at radius 2 is 1.79 bits per heavy atom. The van der Waals surface area contributed by atoms with E-state index >= 15 is 0 Å². The molecule has 2 aliphatic rings. The number of fused-ring (bicyclic) bond motifs is 1. The molecule has 2 aliphatic heterocycles. The number of carbonyl (C=O) groups is 3. The van der Waals surface area contributed by atoms with Crippen LogP contribution in [0.4, 0.5) is 5.69 Å². The fraction of sp³-hybridized carbons (Fsp3) is 0.292. The second-order valence-corrected chi connectivity index (χ2v) is 8.87. The Morgan fingerprint density at radius 3 is 2.59 bits per heavy atom. The SMILES string of the molecule is O=C(O)/C=C/C(=O)Nc1cccc(SCC(=O)N2CCN(Cc3ccc4c(c3)OCO4)CC2)c1. The molecule has 0 aliphatic carbocycles. The van der Waals surface area contributed by atoms with E-state index in [4.69, 9.17) is 14.6 Å². The number of hydrogen-bond donors (Lipinski definition) is 2. The number of carboxylic acids is 1. The van der Waals surface area contributed by atoms with Gasteiger partial charge in [0.25, 0.3) is 0 Å². The third kappa shape index (κ3) is 6.52. The van der Waals surface area contributed by atoms with Gasteiger partial charge in [0, 0.05) is 55.5 Å². The number of carbonyl (C=O) groups excluding carboxylic acids is 2. The molecule has 1 saturated heterocycles. The van der Waals surface area contributed by atoms with E-state index < -0.39 is 11.9 Å². The average Bonchev–Trinajstić information content (AvgIpc) is 3.30. The van der Waals surface area contributed by atoms with Crippen molar-refractivity contribution in [2.45, 2.75) is 11.4 Å². The van der Waals surface area contributed by atoms with Gasteiger partial charge in [-0.1, -0.05) is 12.1 Å². The lowest BCUT2D eigenvalue weighted by molar-refractivity contribution is -0.132. The number of rotatable bonds is 8. The maximum atomic E-state index is 12.7. The van der Waals surface area contributed by atoms with Crippen LogP contribution in [0.2, 0.25) is 0 Å². The number of ether oxygens (including phenoxy) is 2. The van der Waals surface area contributed by atoms with Crippen molar-refractivity contribution in [3.05, 3.63) is 60.2 Å². The van der Waals surface area contributed by atoms with Gasteiger partial charge >= 0.3 is 5.97 Å². The minimum atomic E-state index is -1.19. The highest BCUT2D eigenvalue weighted by atomic mass is 32.2. The first-order valence-corrected chi connectivity index (χ1v) is 11.8. The molecule has 0 spiro atoms. The van der Waals surface area contributed by atoms with E-state index in [9.17, 15) is 14.4 Å². The average molecular weight is 484 g/mol. The van der Waals surface area contributed by atoms with Gasteiger partial charge in [-0.15, -0.1) is 11.8 Å². The maximum absolute atomic E-state index is 12.7. The molecule has 0 radical (unpaired) electrons. The lowest BCUT2D eigenvalue weighted by Gasteiger charge is -2.34. The fourth-order valence-corrected chi connectivity index (χ4v) is 4.54. The largest absolute Gasteiger partial charge is 0.478 e. The molecule has 1 fully saturated rings. The summed E-state index contributed by atoms with van der Waals surface area (Å²) in [5.41, 5.74) is 1.69. The van der Waals surface area contributed by atoms with E-state index in [1.54, 1.807) is 18.2 Å². The molecule has 2 N–H and O–H groups in total. The van der Waals surface area contributed by atoms with Crippen LogP contribution in [0.5, 0.6) is 11.5 Å². The van der Waals surface area contributed by atoms with Crippen molar-refractivity contribution in [2.75, 3.05) is 44.0 Å². The summed E-state index contributed by atoms with van der Waals surface area (Å²) >= 11 is 1.40. The number of anilines is 1. The molecule has 4 rings (SSSR count). The number of amides is 2. The quantitative estimate of drug-likeness (QED) is 0.435.